The minimum Gasteiger partial charge on any atom is -0.483 e. The summed E-state index contributed by atoms with van der Waals surface area (Å²) in [5, 5.41) is 18.7. The molecule has 2 aliphatic rings. The van der Waals surface area contributed by atoms with Gasteiger partial charge in [0, 0.05) is 45.4 Å². The molecule has 0 unspecified atom stereocenters. The SMILES string of the molecule is N#Cc1ccc2c(-c3cc(Cl)cc4c3O[C@@H](c3n[nH]c5c3CCCC5)C4)ccnc2c1. The number of nitrogens with one attached hydrogen (secondary N) is 1. The molecule has 6 heteroatoms. The molecule has 2 aromatic carbocycles. The molecule has 0 spiro atoms. The molecule has 0 bridgehead atoms. The van der Waals surface area contributed by atoms with E-state index in [2.05, 4.69) is 21.3 Å². The molecule has 1 atom stereocenters. The number of H-pyrrole nitrogens is 1. The summed E-state index contributed by atoms with van der Waals surface area (Å²) < 4.78 is 6.54. The van der Waals surface area contributed by atoms with E-state index in [1.54, 1.807) is 6.20 Å². The zero-order valence-corrected chi connectivity index (χ0v) is 17.5. The number of halogens is 1. The van der Waals surface area contributed by atoms with Crippen molar-refractivity contribution in [1.29, 1.82) is 5.26 Å². The molecule has 0 amide bonds. The smallest absolute Gasteiger partial charge is 0.147 e. The van der Waals surface area contributed by atoms with Gasteiger partial charge in [0.2, 0.25) is 0 Å². The van der Waals surface area contributed by atoms with Crippen LogP contribution in [0.25, 0.3) is 22.0 Å². The lowest BCUT2D eigenvalue weighted by Crippen LogP contribution is -2.09. The van der Waals surface area contributed by atoms with Gasteiger partial charge in [0.25, 0.3) is 0 Å². The average Bonchev–Trinajstić information content (AvgIpc) is 3.41. The van der Waals surface area contributed by atoms with Crippen LogP contribution >= 0.6 is 11.6 Å². The van der Waals surface area contributed by atoms with Crippen molar-refractivity contribution in [1.82, 2.24) is 15.2 Å². The number of rotatable bonds is 2. The van der Waals surface area contributed by atoms with Crippen molar-refractivity contribution in [3.05, 3.63) is 75.7 Å². The molecule has 152 valence electrons. The summed E-state index contributed by atoms with van der Waals surface area (Å²) >= 11 is 6.53. The summed E-state index contributed by atoms with van der Waals surface area (Å²) in [5.74, 6) is 0.860. The van der Waals surface area contributed by atoms with Crippen LogP contribution in [0, 0.1) is 11.3 Å². The summed E-state index contributed by atoms with van der Waals surface area (Å²) in [4.78, 5) is 4.46. The summed E-state index contributed by atoms with van der Waals surface area (Å²) in [7, 11) is 0. The van der Waals surface area contributed by atoms with Gasteiger partial charge in [0.15, 0.2) is 0 Å². The zero-order chi connectivity index (χ0) is 20.9. The van der Waals surface area contributed by atoms with Crippen molar-refractivity contribution in [3.8, 4) is 22.9 Å². The Morgan fingerprint density at radius 2 is 2.00 bits per heavy atom. The van der Waals surface area contributed by atoms with Crippen LogP contribution in [0.2, 0.25) is 5.02 Å². The number of pyridine rings is 1. The van der Waals surface area contributed by atoms with E-state index in [9.17, 15) is 5.26 Å². The van der Waals surface area contributed by atoms with E-state index in [0.717, 1.165) is 58.3 Å². The van der Waals surface area contributed by atoms with Crippen LogP contribution in [0.15, 0.2) is 42.6 Å². The van der Waals surface area contributed by atoms with Gasteiger partial charge in [-0.25, -0.2) is 0 Å². The van der Waals surface area contributed by atoms with Gasteiger partial charge in [-0.2, -0.15) is 10.4 Å². The third-order valence-corrected chi connectivity index (χ3v) is 6.57. The maximum atomic E-state index is 9.23. The van der Waals surface area contributed by atoms with E-state index >= 15 is 0 Å². The molecule has 3 heterocycles. The van der Waals surface area contributed by atoms with Crippen molar-refractivity contribution < 1.29 is 4.74 Å². The van der Waals surface area contributed by atoms with Crippen LogP contribution in [0.5, 0.6) is 5.75 Å². The van der Waals surface area contributed by atoms with Gasteiger partial charge in [0.05, 0.1) is 17.1 Å². The number of ether oxygens (including phenoxy) is 1. The Bertz CT molecular complexity index is 1380. The number of nitrogens with zero attached hydrogens (tertiary/aromatic N) is 3. The van der Waals surface area contributed by atoms with Crippen LogP contribution in [-0.2, 0) is 19.3 Å². The van der Waals surface area contributed by atoms with Crippen LogP contribution in [-0.4, -0.2) is 15.2 Å². The Labute approximate surface area is 184 Å². The molecule has 6 rings (SSSR count). The molecule has 0 fully saturated rings. The monoisotopic (exact) mass is 426 g/mol. The van der Waals surface area contributed by atoms with E-state index in [1.165, 1.54) is 24.1 Å². The second-order valence-electron chi connectivity index (χ2n) is 8.23. The lowest BCUT2D eigenvalue weighted by Gasteiger charge is -2.16. The number of aromatic amines is 1. The Morgan fingerprint density at radius 3 is 2.90 bits per heavy atom. The first-order valence-electron chi connectivity index (χ1n) is 10.6. The lowest BCUT2D eigenvalue weighted by molar-refractivity contribution is 0.232. The van der Waals surface area contributed by atoms with E-state index in [0.29, 0.717) is 10.6 Å². The highest BCUT2D eigenvalue weighted by Crippen LogP contribution is 2.47. The fourth-order valence-corrected chi connectivity index (χ4v) is 5.14. The fraction of sp³-hybridized carbons (Fsp3) is 0.240. The van der Waals surface area contributed by atoms with Crippen molar-refractivity contribution in [2.75, 3.05) is 0 Å². The average molecular weight is 427 g/mol. The summed E-state index contributed by atoms with van der Waals surface area (Å²) in [6, 6.07) is 13.7. The molecular formula is C25H19ClN4O. The first-order chi connectivity index (χ1) is 15.2. The van der Waals surface area contributed by atoms with Crippen molar-refractivity contribution in [2.45, 2.75) is 38.2 Å². The number of hydrogen-bond donors (Lipinski definition) is 1. The largest absolute Gasteiger partial charge is 0.483 e. The zero-order valence-electron chi connectivity index (χ0n) is 16.8. The highest BCUT2D eigenvalue weighted by atomic mass is 35.5. The number of nitriles is 1. The van der Waals surface area contributed by atoms with Gasteiger partial charge in [-0.3, -0.25) is 10.1 Å². The maximum Gasteiger partial charge on any atom is 0.147 e. The minimum absolute atomic E-state index is 0.108. The second kappa shape index (κ2) is 7.11. The summed E-state index contributed by atoms with van der Waals surface area (Å²) in [6.45, 7) is 0. The Morgan fingerprint density at radius 1 is 1.10 bits per heavy atom. The highest BCUT2D eigenvalue weighted by Gasteiger charge is 2.32. The van der Waals surface area contributed by atoms with Gasteiger partial charge in [-0.15, -0.1) is 0 Å². The fourth-order valence-electron chi connectivity index (χ4n) is 4.90. The molecular weight excluding hydrogens is 408 g/mol. The normalized spacial score (nSPS) is 17.1. The first-order valence-corrected chi connectivity index (χ1v) is 10.9. The molecule has 0 saturated carbocycles. The van der Waals surface area contributed by atoms with E-state index in [4.69, 9.17) is 16.3 Å². The van der Waals surface area contributed by atoms with Gasteiger partial charge in [0.1, 0.15) is 17.5 Å². The Balaban J connectivity index is 1.46. The number of benzene rings is 2. The highest BCUT2D eigenvalue weighted by molar-refractivity contribution is 6.31. The van der Waals surface area contributed by atoms with Crippen LogP contribution in [0.1, 0.15) is 47.0 Å². The van der Waals surface area contributed by atoms with Crippen LogP contribution in [0.4, 0.5) is 0 Å². The summed E-state index contributed by atoms with van der Waals surface area (Å²) in [5.41, 5.74) is 8.03. The van der Waals surface area contributed by atoms with Crippen molar-refractivity contribution in [2.24, 2.45) is 0 Å². The molecule has 1 N–H and O–H groups in total. The third kappa shape index (κ3) is 2.98. The molecule has 1 aliphatic heterocycles. The van der Waals surface area contributed by atoms with E-state index in [1.807, 2.05) is 36.4 Å². The van der Waals surface area contributed by atoms with Crippen LogP contribution in [0.3, 0.4) is 0 Å². The van der Waals surface area contributed by atoms with Crippen molar-refractivity contribution >= 4 is 22.5 Å². The predicted octanol–water partition coefficient (Wildman–Crippen LogP) is 5.70. The Hall–Kier alpha value is -3.36. The topological polar surface area (TPSA) is 74.6 Å². The lowest BCUT2D eigenvalue weighted by atomic mass is 9.93. The molecule has 0 saturated heterocycles. The summed E-state index contributed by atoms with van der Waals surface area (Å²) in [6.07, 6.45) is 6.94. The molecule has 5 nitrogen and oxygen atoms in total. The Kier molecular flexibility index (Phi) is 4.22. The number of fused-ring (bicyclic) bond motifs is 3. The number of aryl methyl sites for hydroxylation is 1. The molecule has 31 heavy (non-hydrogen) atoms. The molecule has 1 aliphatic carbocycles. The van der Waals surface area contributed by atoms with Gasteiger partial charge in [-0.1, -0.05) is 17.7 Å². The van der Waals surface area contributed by atoms with Gasteiger partial charge >= 0.3 is 0 Å². The minimum atomic E-state index is -0.108. The first kappa shape index (κ1) is 18.4. The standard InChI is InChI=1S/C25H19ClN4O/c26-16-10-15-11-23(24-19-3-1-2-4-21(19)29-30-24)31-25(15)20(12-16)17-7-8-28-22-9-14(13-27)5-6-18(17)22/h5-10,12,23H,1-4,11H2,(H,29,30)/t23-/m1/s1. The van der Waals surface area contributed by atoms with Gasteiger partial charge in [-0.05, 0) is 61.6 Å². The van der Waals surface area contributed by atoms with Crippen molar-refractivity contribution in [3.63, 3.8) is 0 Å². The quantitative estimate of drug-likeness (QED) is 0.445. The molecule has 0 radical (unpaired) electrons. The van der Waals surface area contributed by atoms with Crippen LogP contribution < -0.4 is 4.74 Å². The number of aromatic nitrogens is 3. The van der Waals surface area contributed by atoms with E-state index in [-0.39, 0.29) is 6.10 Å². The third-order valence-electron chi connectivity index (χ3n) is 6.35. The second-order valence-corrected chi connectivity index (χ2v) is 8.66. The number of hydrogen-bond acceptors (Lipinski definition) is 4. The predicted molar refractivity (Wildman–Crippen MR) is 119 cm³/mol. The molecule has 4 aromatic rings. The molecule has 2 aromatic heterocycles. The maximum absolute atomic E-state index is 9.23. The van der Waals surface area contributed by atoms with Gasteiger partial charge < -0.3 is 4.74 Å². The van der Waals surface area contributed by atoms with E-state index < -0.39 is 0 Å².